The highest BCUT2D eigenvalue weighted by Gasteiger charge is 2.29. The number of hydrogen-bond acceptors (Lipinski definition) is 4. The second kappa shape index (κ2) is 6.57. The molecular weight excluding hydrogens is 274 g/mol. The molecule has 8 heteroatoms. The summed E-state index contributed by atoms with van der Waals surface area (Å²) in [6.45, 7) is 4.13. The quantitative estimate of drug-likeness (QED) is 0.711. The molecule has 1 aromatic heterocycles. The molecule has 2 atom stereocenters. The topological polar surface area (TPSA) is 102 Å². The van der Waals surface area contributed by atoms with Gasteiger partial charge in [0, 0.05) is 44.0 Å². The van der Waals surface area contributed by atoms with Gasteiger partial charge in [0.05, 0.1) is 6.33 Å². The Bertz CT molecular complexity index is 490. The molecule has 1 fully saturated rings. The molecule has 3 N–H and O–H groups in total. The highest BCUT2D eigenvalue weighted by molar-refractivity contribution is 5.83. The second-order valence-electron chi connectivity index (χ2n) is 5.43. The molecule has 0 saturated carbocycles. The minimum atomic E-state index is -1.06. The second-order valence-corrected chi connectivity index (χ2v) is 5.43. The van der Waals surface area contributed by atoms with E-state index < -0.39 is 12.0 Å². The summed E-state index contributed by atoms with van der Waals surface area (Å²) in [5.41, 5.74) is 0.675. The average molecular weight is 295 g/mol. The summed E-state index contributed by atoms with van der Waals surface area (Å²) in [4.78, 5) is 34.1. The number of carboxylic acid groups (broad SMARTS) is 1. The minimum Gasteiger partial charge on any atom is -0.480 e. The predicted molar refractivity (Wildman–Crippen MR) is 75.9 cm³/mol. The normalized spacial score (nSPS) is 21.0. The third kappa shape index (κ3) is 3.94. The van der Waals surface area contributed by atoms with E-state index in [1.54, 1.807) is 11.1 Å². The average Bonchev–Trinajstić information content (AvgIpc) is 2.90. The summed E-state index contributed by atoms with van der Waals surface area (Å²) in [5, 5.41) is 11.8. The van der Waals surface area contributed by atoms with Crippen molar-refractivity contribution in [3.63, 3.8) is 0 Å². The molecular formula is C13H21N5O3. The number of nitrogens with zero attached hydrogens (tertiary/aromatic N) is 3. The van der Waals surface area contributed by atoms with Crippen LogP contribution < -0.4 is 5.32 Å². The van der Waals surface area contributed by atoms with E-state index in [1.807, 2.05) is 14.0 Å². The van der Waals surface area contributed by atoms with Crippen molar-refractivity contribution in [2.75, 3.05) is 26.7 Å². The highest BCUT2D eigenvalue weighted by atomic mass is 16.4. The summed E-state index contributed by atoms with van der Waals surface area (Å²) in [7, 11) is 2.00. The molecule has 116 valence electrons. The monoisotopic (exact) mass is 295 g/mol. The van der Waals surface area contributed by atoms with Crippen LogP contribution in [0.2, 0.25) is 0 Å². The molecule has 1 aliphatic heterocycles. The summed E-state index contributed by atoms with van der Waals surface area (Å²) in [6.07, 6.45) is 3.22. The number of rotatable bonds is 4. The number of aromatic amines is 1. The van der Waals surface area contributed by atoms with Crippen LogP contribution in [0.5, 0.6) is 0 Å². The molecule has 21 heavy (non-hydrogen) atoms. The van der Waals surface area contributed by atoms with E-state index in [1.165, 1.54) is 6.33 Å². The number of hydrogen-bond donors (Lipinski definition) is 3. The largest absolute Gasteiger partial charge is 0.480 e. The van der Waals surface area contributed by atoms with Gasteiger partial charge < -0.3 is 25.2 Å². The van der Waals surface area contributed by atoms with E-state index in [0.29, 0.717) is 12.2 Å². The first-order valence-electron chi connectivity index (χ1n) is 6.93. The number of carbonyl (C=O) groups is 2. The van der Waals surface area contributed by atoms with Crippen LogP contribution in [0.4, 0.5) is 4.79 Å². The number of piperazine rings is 1. The molecule has 2 rings (SSSR count). The Labute approximate surface area is 123 Å². The maximum absolute atomic E-state index is 12.3. The Morgan fingerprint density at radius 2 is 2.33 bits per heavy atom. The SMILES string of the molecule is CC1CN(C)CCN1C(=O)N[C@H](Cc1cnc[nH]1)C(=O)O. The van der Waals surface area contributed by atoms with Crippen molar-refractivity contribution >= 4 is 12.0 Å². The molecule has 0 radical (unpaired) electrons. The molecule has 1 aliphatic rings. The predicted octanol–water partition coefficient (Wildman–Crippen LogP) is -0.249. The van der Waals surface area contributed by atoms with Gasteiger partial charge in [0.15, 0.2) is 0 Å². The van der Waals surface area contributed by atoms with Crippen LogP contribution in [-0.4, -0.2) is 75.6 Å². The Kier molecular flexibility index (Phi) is 4.79. The van der Waals surface area contributed by atoms with Crippen LogP contribution in [0.3, 0.4) is 0 Å². The van der Waals surface area contributed by atoms with Crippen LogP contribution >= 0.6 is 0 Å². The van der Waals surface area contributed by atoms with Crippen molar-refractivity contribution < 1.29 is 14.7 Å². The minimum absolute atomic E-state index is 0.0605. The summed E-state index contributed by atoms with van der Waals surface area (Å²) in [5.74, 6) is -1.06. The van der Waals surface area contributed by atoms with Gasteiger partial charge in [-0.25, -0.2) is 14.6 Å². The molecule has 1 unspecified atom stereocenters. The summed E-state index contributed by atoms with van der Waals surface area (Å²) < 4.78 is 0. The zero-order valence-corrected chi connectivity index (χ0v) is 12.2. The van der Waals surface area contributed by atoms with E-state index in [-0.39, 0.29) is 18.5 Å². The molecule has 0 aromatic carbocycles. The fourth-order valence-corrected chi connectivity index (χ4v) is 2.49. The maximum atomic E-state index is 12.3. The van der Waals surface area contributed by atoms with E-state index in [9.17, 15) is 14.7 Å². The molecule has 2 heterocycles. The number of imidazole rings is 1. The lowest BCUT2D eigenvalue weighted by Crippen LogP contribution is -2.58. The highest BCUT2D eigenvalue weighted by Crippen LogP contribution is 2.09. The lowest BCUT2D eigenvalue weighted by atomic mass is 10.1. The van der Waals surface area contributed by atoms with Crippen molar-refractivity contribution in [2.45, 2.75) is 25.4 Å². The summed E-state index contributed by atoms with van der Waals surface area (Å²) >= 11 is 0. The van der Waals surface area contributed by atoms with E-state index in [4.69, 9.17) is 0 Å². The molecule has 0 aliphatic carbocycles. The number of nitrogens with one attached hydrogen (secondary N) is 2. The van der Waals surface area contributed by atoms with Crippen molar-refractivity contribution in [3.05, 3.63) is 18.2 Å². The molecule has 0 bridgehead atoms. The van der Waals surface area contributed by atoms with E-state index in [0.717, 1.165) is 13.1 Å². The van der Waals surface area contributed by atoms with E-state index >= 15 is 0 Å². The van der Waals surface area contributed by atoms with Gasteiger partial charge in [0.25, 0.3) is 0 Å². The third-order valence-electron chi connectivity index (χ3n) is 3.67. The number of aliphatic carboxylic acids is 1. The number of H-pyrrole nitrogens is 1. The zero-order valence-electron chi connectivity index (χ0n) is 12.2. The first-order chi connectivity index (χ1) is 9.97. The van der Waals surface area contributed by atoms with Crippen molar-refractivity contribution in [1.82, 2.24) is 25.1 Å². The van der Waals surface area contributed by atoms with Gasteiger partial charge in [0.2, 0.25) is 0 Å². The smallest absolute Gasteiger partial charge is 0.326 e. The number of urea groups is 1. The fraction of sp³-hybridized carbons (Fsp3) is 0.615. The Balaban J connectivity index is 1.96. The standard InChI is InChI=1S/C13H21N5O3/c1-9-7-17(2)3-4-18(9)13(21)16-11(12(19)20)5-10-6-14-8-15-10/h6,8-9,11H,3-5,7H2,1-2H3,(H,14,15)(H,16,21)(H,19,20)/t9?,11-/m1/s1. The number of likely N-dealkylation sites (N-methyl/N-ethyl adjacent to an activating group) is 1. The van der Waals surface area contributed by atoms with Crippen LogP contribution in [0, 0.1) is 0 Å². The van der Waals surface area contributed by atoms with Crippen molar-refractivity contribution in [2.24, 2.45) is 0 Å². The lowest BCUT2D eigenvalue weighted by Gasteiger charge is -2.38. The number of carbonyl (C=O) groups excluding carboxylic acids is 1. The van der Waals surface area contributed by atoms with Crippen LogP contribution in [-0.2, 0) is 11.2 Å². The van der Waals surface area contributed by atoms with Gasteiger partial charge in [-0.15, -0.1) is 0 Å². The lowest BCUT2D eigenvalue weighted by molar-refractivity contribution is -0.139. The fourth-order valence-electron chi connectivity index (χ4n) is 2.49. The van der Waals surface area contributed by atoms with Gasteiger partial charge in [-0.1, -0.05) is 0 Å². The summed E-state index contributed by atoms with van der Waals surface area (Å²) in [6, 6.07) is -1.24. The molecule has 1 saturated heterocycles. The number of carboxylic acids is 1. The first kappa shape index (κ1) is 15.3. The van der Waals surface area contributed by atoms with Crippen molar-refractivity contribution in [1.29, 1.82) is 0 Å². The Morgan fingerprint density at radius 3 is 2.90 bits per heavy atom. The molecule has 2 amide bonds. The van der Waals surface area contributed by atoms with Gasteiger partial charge in [-0.3, -0.25) is 0 Å². The van der Waals surface area contributed by atoms with Gasteiger partial charge in [-0.2, -0.15) is 0 Å². The van der Waals surface area contributed by atoms with Crippen LogP contribution in [0.15, 0.2) is 12.5 Å². The van der Waals surface area contributed by atoms with Crippen molar-refractivity contribution in [3.8, 4) is 0 Å². The van der Waals surface area contributed by atoms with E-state index in [2.05, 4.69) is 20.2 Å². The molecule has 0 spiro atoms. The van der Waals surface area contributed by atoms with Crippen LogP contribution in [0.25, 0.3) is 0 Å². The molecule has 1 aromatic rings. The number of amides is 2. The van der Waals surface area contributed by atoms with Gasteiger partial charge in [-0.05, 0) is 14.0 Å². The molecule has 8 nitrogen and oxygen atoms in total. The third-order valence-corrected chi connectivity index (χ3v) is 3.67. The maximum Gasteiger partial charge on any atom is 0.326 e. The zero-order chi connectivity index (χ0) is 15.4. The Morgan fingerprint density at radius 1 is 1.57 bits per heavy atom. The van der Waals surface area contributed by atoms with Crippen LogP contribution in [0.1, 0.15) is 12.6 Å². The van der Waals surface area contributed by atoms with Gasteiger partial charge in [0.1, 0.15) is 6.04 Å². The first-order valence-corrected chi connectivity index (χ1v) is 6.93. The number of aromatic nitrogens is 2. The van der Waals surface area contributed by atoms with Gasteiger partial charge >= 0.3 is 12.0 Å². The Hall–Kier alpha value is -2.09.